The molecule has 7 nitrogen and oxygen atoms in total. The van der Waals surface area contributed by atoms with E-state index in [-0.39, 0.29) is 28.6 Å². The Labute approximate surface area is 184 Å². The van der Waals surface area contributed by atoms with Gasteiger partial charge in [-0.25, -0.2) is 9.69 Å². The van der Waals surface area contributed by atoms with Gasteiger partial charge in [-0.3, -0.25) is 14.4 Å². The average molecular weight is 447 g/mol. The molecule has 2 aromatic rings. The van der Waals surface area contributed by atoms with Gasteiger partial charge in [0.1, 0.15) is 0 Å². The zero-order valence-electron chi connectivity index (χ0n) is 16.8. The topological polar surface area (TPSA) is 93.1 Å². The molecule has 3 rings (SSSR count). The Morgan fingerprint density at radius 3 is 2.17 bits per heavy atom. The van der Waals surface area contributed by atoms with Crippen LogP contribution in [0, 0.1) is 13.8 Å². The van der Waals surface area contributed by atoms with Gasteiger partial charge in [0.05, 0.1) is 30.0 Å². The van der Waals surface area contributed by atoms with Gasteiger partial charge in [0.25, 0.3) is 5.24 Å². The highest BCUT2D eigenvalue weighted by Gasteiger charge is 2.31. The first kappa shape index (κ1) is 25.2. The van der Waals surface area contributed by atoms with Crippen LogP contribution < -0.4 is 4.90 Å². The van der Waals surface area contributed by atoms with E-state index in [0.717, 1.165) is 22.9 Å². The number of methoxy groups -OCH3 is 1. The first-order valence-corrected chi connectivity index (χ1v) is 10.3. The molecule has 1 fully saturated rings. The van der Waals surface area contributed by atoms with Crippen molar-refractivity contribution in [3.8, 4) is 0 Å². The minimum atomic E-state index is -0.293. The number of thiol groups is 1. The number of carbonyl (C=O) groups excluding carboxylic acids is 4. The van der Waals surface area contributed by atoms with Gasteiger partial charge in [0, 0.05) is 0 Å². The number of carbonyl (C=O) groups is 3. The van der Waals surface area contributed by atoms with Crippen LogP contribution in [0.5, 0.6) is 0 Å². The Morgan fingerprint density at radius 2 is 1.73 bits per heavy atom. The van der Waals surface area contributed by atoms with Gasteiger partial charge in [-0.05, 0) is 37.1 Å². The number of esters is 1. The molecular weight excluding hydrogens is 424 g/mol. The Bertz CT molecular complexity index is 920. The smallest absolute Gasteiger partial charge is 0.315 e. The fourth-order valence-electron chi connectivity index (χ4n) is 2.20. The molecule has 2 amide bonds. The molecular formula is C21H22N2O5S2. The third kappa shape index (κ3) is 7.87. The fourth-order valence-corrected chi connectivity index (χ4v) is 3.04. The Hall–Kier alpha value is -2.87. The van der Waals surface area contributed by atoms with E-state index in [2.05, 4.69) is 22.4 Å². The summed E-state index contributed by atoms with van der Waals surface area (Å²) in [6.45, 7) is 3.79. The maximum atomic E-state index is 11.4. The monoisotopic (exact) mass is 446 g/mol. The van der Waals surface area contributed by atoms with E-state index >= 15 is 0 Å². The number of aryl methyl sites for hydroxylation is 2. The van der Waals surface area contributed by atoms with Gasteiger partial charge in [-0.2, -0.15) is 17.6 Å². The number of nitrogens with zero attached hydrogens (tertiary/aromatic N) is 2. The van der Waals surface area contributed by atoms with Gasteiger partial charge >= 0.3 is 5.97 Å². The summed E-state index contributed by atoms with van der Waals surface area (Å²) < 4.78 is 4.18. The van der Waals surface area contributed by atoms with Crippen molar-refractivity contribution in [1.29, 1.82) is 0 Å². The standard InChI is InChI=1S/C10H9NO2S.C8H7NO.C3H6O2S/c1-7-4-2-3-5-8(7)11-9(12)6-14-10(11)13;1-7-4-2-3-5-8(7)9-6-10;1-5-3(4)2-6/h2-5H,6H2,1H3;2-5H,1H3;6H,2H2,1H3. The number of benzene rings is 2. The van der Waals surface area contributed by atoms with E-state index in [1.807, 2.05) is 50.2 Å². The second kappa shape index (κ2) is 13.4. The number of para-hydroxylation sites is 2. The van der Waals surface area contributed by atoms with Crippen molar-refractivity contribution < 1.29 is 23.9 Å². The summed E-state index contributed by atoms with van der Waals surface area (Å²) in [5.74, 6) is -0.00318. The molecule has 9 heteroatoms. The highest BCUT2D eigenvalue weighted by Crippen LogP contribution is 2.28. The number of hydrogen-bond donors (Lipinski definition) is 1. The van der Waals surface area contributed by atoms with E-state index in [0.29, 0.717) is 11.4 Å². The SMILES string of the molecule is COC(=O)CS.Cc1ccccc1N1C(=O)CSC1=O.Cc1ccccc1N=C=O. The van der Waals surface area contributed by atoms with Crippen molar-refractivity contribution in [3.63, 3.8) is 0 Å². The lowest BCUT2D eigenvalue weighted by Crippen LogP contribution is -2.28. The molecule has 1 aliphatic heterocycles. The van der Waals surface area contributed by atoms with Crippen LogP contribution in [0.3, 0.4) is 0 Å². The maximum Gasteiger partial charge on any atom is 0.315 e. The van der Waals surface area contributed by atoms with Crippen molar-refractivity contribution in [2.24, 2.45) is 4.99 Å². The minimum Gasteiger partial charge on any atom is -0.468 e. The number of isocyanates is 1. The van der Waals surface area contributed by atoms with Crippen molar-refractivity contribution in [2.75, 3.05) is 23.5 Å². The van der Waals surface area contributed by atoms with Gasteiger partial charge in [-0.15, -0.1) is 0 Å². The van der Waals surface area contributed by atoms with Gasteiger partial charge in [-0.1, -0.05) is 48.2 Å². The van der Waals surface area contributed by atoms with Crippen LogP contribution >= 0.6 is 24.4 Å². The number of anilines is 1. The molecule has 0 aliphatic carbocycles. The normalized spacial score (nSPS) is 12.1. The molecule has 1 saturated heterocycles. The molecule has 0 spiro atoms. The average Bonchev–Trinajstić information content (AvgIpc) is 3.08. The number of thioether (sulfide) groups is 1. The van der Waals surface area contributed by atoms with Gasteiger partial charge < -0.3 is 4.74 Å². The van der Waals surface area contributed by atoms with E-state index in [1.54, 1.807) is 12.1 Å². The van der Waals surface area contributed by atoms with Crippen LogP contribution in [0.2, 0.25) is 0 Å². The highest BCUT2D eigenvalue weighted by atomic mass is 32.2. The minimum absolute atomic E-state index is 0.130. The molecule has 2 aromatic carbocycles. The summed E-state index contributed by atoms with van der Waals surface area (Å²) in [5.41, 5.74) is 3.33. The first-order chi connectivity index (χ1) is 14.3. The Balaban J connectivity index is 0.000000247. The zero-order valence-corrected chi connectivity index (χ0v) is 18.5. The van der Waals surface area contributed by atoms with Crippen LogP contribution in [0.4, 0.5) is 16.2 Å². The van der Waals surface area contributed by atoms with E-state index in [9.17, 15) is 19.2 Å². The second-order valence-electron chi connectivity index (χ2n) is 5.79. The first-order valence-electron chi connectivity index (χ1n) is 8.72. The number of amides is 2. The Morgan fingerprint density at radius 1 is 1.13 bits per heavy atom. The molecule has 30 heavy (non-hydrogen) atoms. The number of imide groups is 1. The summed E-state index contributed by atoms with van der Waals surface area (Å²) in [5, 5.41) is -0.177. The second-order valence-corrected chi connectivity index (χ2v) is 7.04. The van der Waals surface area contributed by atoms with Crippen molar-refractivity contribution >= 4 is 59.0 Å². The Kier molecular flexibility index (Phi) is 11.2. The van der Waals surface area contributed by atoms with E-state index in [4.69, 9.17) is 0 Å². The van der Waals surface area contributed by atoms with Crippen LogP contribution in [-0.4, -0.2) is 41.8 Å². The molecule has 0 bridgehead atoms. The van der Waals surface area contributed by atoms with E-state index < -0.39 is 0 Å². The highest BCUT2D eigenvalue weighted by molar-refractivity contribution is 8.15. The lowest BCUT2D eigenvalue weighted by Gasteiger charge is -2.14. The van der Waals surface area contributed by atoms with Crippen molar-refractivity contribution in [1.82, 2.24) is 0 Å². The van der Waals surface area contributed by atoms with Gasteiger partial charge in [0.2, 0.25) is 12.0 Å². The summed E-state index contributed by atoms with van der Waals surface area (Å²) in [6, 6.07) is 14.8. The lowest BCUT2D eigenvalue weighted by atomic mass is 10.2. The van der Waals surface area contributed by atoms with Crippen molar-refractivity contribution in [2.45, 2.75) is 13.8 Å². The van der Waals surface area contributed by atoms with Gasteiger partial charge in [0.15, 0.2) is 0 Å². The van der Waals surface area contributed by atoms with Crippen LogP contribution in [0.15, 0.2) is 53.5 Å². The summed E-state index contributed by atoms with van der Waals surface area (Å²) >= 11 is 4.68. The predicted octanol–water partition coefficient (Wildman–Crippen LogP) is 4.25. The molecule has 0 N–H and O–H groups in total. The number of rotatable bonds is 3. The molecule has 0 unspecified atom stereocenters. The zero-order chi connectivity index (χ0) is 22.5. The van der Waals surface area contributed by atoms with Crippen LogP contribution in [-0.2, 0) is 19.1 Å². The largest absolute Gasteiger partial charge is 0.468 e. The lowest BCUT2D eigenvalue weighted by molar-refractivity contribution is -0.137. The molecule has 0 aromatic heterocycles. The number of hydrogen-bond acceptors (Lipinski definition) is 8. The van der Waals surface area contributed by atoms with Crippen LogP contribution in [0.25, 0.3) is 0 Å². The summed E-state index contributed by atoms with van der Waals surface area (Å²) in [7, 11) is 1.33. The fraction of sp³-hybridized carbons (Fsp3) is 0.238. The van der Waals surface area contributed by atoms with Crippen LogP contribution in [0.1, 0.15) is 11.1 Å². The third-order valence-corrected chi connectivity index (χ3v) is 4.82. The van der Waals surface area contributed by atoms with E-state index in [1.165, 1.54) is 18.1 Å². The molecule has 1 heterocycles. The molecule has 0 radical (unpaired) electrons. The molecule has 1 aliphatic rings. The number of ether oxygens (including phenoxy) is 1. The predicted molar refractivity (Wildman–Crippen MR) is 121 cm³/mol. The molecule has 0 atom stereocenters. The third-order valence-electron chi connectivity index (χ3n) is 3.75. The number of aliphatic imine (C=N–C) groups is 1. The maximum absolute atomic E-state index is 11.4. The van der Waals surface area contributed by atoms with Crippen molar-refractivity contribution in [3.05, 3.63) is 59.7 Å². The molecule has 158 valence electrons. The molecule has 0 saturated carbocycles. The summed E-state index contributed by atoms with van der Waals surface area (Å²) in [4.78, 5) is 47.3. The summed E-state index contributed by atoms with van der Waals surface area (Å²) in [6.07, 6.45) is 1.50. The quantitative estimate of drug-likeness (QED) is 0.328.